The lowest BCUT2D eigenvalue weighted by atomic mass is 10.2. The van der Waals surface area contributed by atoms with Crippen LogP contribution in [0.25, 0.3) is 0 Å². The van der Waals surface area contributed by atoms with Gasteiger partial charge in [0.1, 0.15) is 11.6 Å². The van der Waals surface area contributed by atoms with E-state index < -0.39 is 0 Å². The van der Waals surface area contributed by atoms with Crippen molar-refractivity contribution >= 4 is 30.6 Å². The molecule has 0 aliphatic carbocycles. The van der Waals surface area contributed by atoms with Gasteiger partial charge in [0.25, 0.3) is 0 Å². The first-order valence-corrected chi connectivity index (χ1v) is 3.22. The zero-order chi connectivity index (χ0) is 8.27. The second kappa shape index (κ2) is 6.57. The Morgan fingerprint density at radius 2 is 2.00 bits per heavy atom. The minimum Gasteiger partial charge on any atom is -0.497 e. The Labute approximate surface area is 89.6 Å². The van der Waals surface area contributed by atoms with Crippen LogP contribution in [-0.2, 0) is 0 Å². The van der Waals surface area contributed by atoms with Crippen LogP contribution in [0.3, 0.4) is 0 Å². The van der Waals surface area contributed by atoms with Crippen molar-refractivity contribution < 1.29 is 4.74 Å². The average Bonchev–Trinajstić information content (AvgIpc) is 2.05. The number of nitrogens with one attached hydrogen (secondary N) is 1. The van der Waals surface area contributed by atoms with E-state index in [4.69, 9.17) is 15.9 Å². The van der Waals surface area contributed by atoms with Crippen molar-refractivity contribution in [1.29, 1.82) is 5.41 Å². The molecule has 0 aliphatic rings. The van der Waals surface area contributed by atoms with Gasteiger partial charge in [-0.15, -0.1) is 24.8 Å². The van der Waals surface area contributed by atoms with Crippen LogP contribution >= 0.6 is 24.8 Å². The molecule has 0 bridgehead atoms. The van der Waals surface area contributed by atoms with Gasteiger partial charge in [-0.25, -0.2) is 0 Å². The molecule has 0 amide bonds. The number of nitrogen functional groups attached to an aromatic ring is 1. The summed E-state index contributed by atoms with van der Waals surface area (Å²) in [5.41, 5.74) is 5.95. The lowest BCUT2D eigenvalue weighted by Gasteiger charge is -2.01. The molecule has 3 nitrogen and oxygen atoms in total. The zero-order valence-corrected chi connectivity index (χ0v) is 8.74. The van der Waals surface area contributed by atoms with Crippen LogP contribution in [0.4, 0.5) is 0 Å². The number of methoxy groups -OCH3 is 1. The summed E-state index contributed by atoms with van der Waals surface area (Å²) in [6.07, 6.45) is 0. The van der Waals surface area contributed by atoms with E-state index in [0.29, 0.717) is 5.56 Å². The van der Waals surface area contributed by atoms with Gasteiger partial charge in [0.2, 0.25) is 0 Å². The molecule has 0 heterocycles. The lowest BCUT2D eigenvalue weighted by molar-refractivity contribution is 0.414. The zero-order valence-electron chi connectivity index (χ0n) is 7.11. The van der Waals surface area contributed by atoms with Gasteiger partial charge in [0, 0.05) is 5.56 Å². The maximum atomic E-state index is 7.13. The Balaban J connectivity index is 0. The van der Waals surface area contributed by atoms with Crippen LogP contribution in [0.1, 0.15) is 5.56 Å². The summed E-state index contributed by atoms with van der Waals surface area (Å²) in [4.78, 5) is 0. The van der Waals surface area contributed by atoms with E-state index in [0.717, 1.165) is 5.75 Å². The van der Waals surface area contributed by atoms with Crippen LogP contribution in [0.2, 0.25) is 0 Å². The van der Waals surface area contributed by atoms with Crippen molar-refractivity contribution in [3.8, 4) is 5.75 Å². The molecule has 0 radical (unpaired) electrons. The lowest BCUT2D eigenvalue weighted by Crippen LogP contribution is -2.10. The molecular weight excluding hydrogens is 211 g/mol. The fourth-order valence-electron chi connectivity index (χ4n) is 0.791. The van der Waals surface area contributed by atoms with E-state index in [2.05, 4.69) is 0 Å². The van der Waals surface area contributed by atoms with Gasteiger partial charge in [-0.05, 0) is 12.1 Å². The summed E-state index contributed by atoms with van der Waals surface area (Å²) in [7, 11) is 1.58. The van der Waals surface area contributed by atoms with Gasteiger partial charge < -0.3 is 10.5 Å². The van der Waals surface area contributed by atoms with E-state index in [-0.39, 0.29) is 30.6 Å². The number of hydrogen-bond acceptors (Lipinski definition) is 2. The van der Waals surface area contributed by atoms with Gasteiger partial charge in [0.05, 0.1) is 7.11 Å². The average molecular weight is 223 g/mol. The fourth-order valence-corrected chi connectivity index (χ4v) is 0.791. The van der Waals surface area contributed by atoms with E-state index in [1.54, 1.807) is 25.3 Å². The third-order valence-electron chi connectivity index (χ3n) is 1.38. The molecule has 0 atom stereocenters. The van der Waals surface area contributed by atoms with E-state index >= 15 is 0 Å². The van der Waals surface area contributed by atoms with E-state index in [9.17, 15) is 0 Å². The summed E-state index contributed by atoms with van der Waals surface area (Å²) in [6.45, 7) is 0. The van der Waals surface area contributed by atoms with Crippen LogP contribution in [0.15, 0.2) is 24.3 Å². The highest BCUT2D eigenvalue weighted by Crippen LogP contribution is 2.11. The molecule has 5 heteroatoms. The molecule has 1 rings (SSSR count). The number of benzene rings is 1. The summed E-state index contributed by atoms with van der Waals surface area (Å²) < 4.78 is 4.95. The Morgan fingerprint density at radius 3 is 2.46 bits per heavy atom. The Bertz CT molecular complexity index is 279. The predicted molar refractivity (Wildman–Crippen MR) is 58.5 cm³/mol. The quantitative estimate of drug-likeness (QED) is 0.593. The Kier molecular flexibility index (Phi) is 7.37. The molecule has 0 aromatic heterocycles. The highest BCUT2D eigenvalue weighted by molar-refractivity contribution is 5.95. The summed E-state index contributed by atoms with van der Waals surface area (Å²) >= 11 is 0. The molecule has 13 heavy (non-hydrogen) atoms. The first kappa shape index (κ1) is 14.6. The molecular formula is C8H12Cl2N2O. The topological polar surface area (TPSA) is 59.1 Å². The number of amidine groups is 1. The van der Waals surface area contributed by atoms with Crippen molar-refractivity contribution in [1.82, 2.24) is 0 Å². The summed E-state index contributed by atoms with van der Waals surface area (Å²) in [5, 5.41) is 7.13. The second-order valence-electron chi connectivity index (χ2n) is 2.15. The number of rotatable bonds is 2. The molecule has 1 aromatic rings. The Morgan fingerprint density at radius 1 is 1.38 bits per heavy atom. The molecule has 3 N–H and O–H groups in total. The monoisotopic (exact) mass is 222 g/mol. The second-order valence-corrected chi connectivity index (χ2v) is 2.15. The number of nitrogens with two attached hydrogens (primary N) is 1. The first-order valence-electron chi connectivity index (χ1n) is 3.22. The fraction of sp³-hybridized carbons (Fsp3) is 0.125. The van der Waals surface area contributed by atoms with Gasteiger partial charge in [-0.3, -0.25) is 5.41 Å². The van der Waals surface area contributed by atoms with Gasteiger partial charge in [-0.1, -0.05) is 12.1 Å². The van der Waals surface area contributed by atoms with Crippen molar-refractivity contribution in [3.63, 3.8) is 0 Å². The highest BCUT2D eigenvalue weighted by atomic mass is 35.5. The standard InChI is InChI=1S/C8H10N2O.2ClH/c1-11-7-4-2-3-6(5-7)8(9)10;;/h2-5H,1H3,(H3,9,10);2*1H. The van der Waals surface area contributed by atoms with E-state index in [1.807, 2.05) is 6.07 Å². The van der Waals surface area contributed by atoms with Gasteiger partial charge >= 0.3 is 0 Å². The van der Waals surface area contributed by atoms with Crippen molar-refractivity contribution in [3.05, 3.63) is 29.8 Å². The molecule has 0 unspecified atom stereocenters. The minimum atomic E-state index is 0. The van der Waals surface area contributed by atoms with Crippen molar-refractivity contribution in [2.75, 3.05) is 7.11 Å². The smallest absolute Gasteiger partial charge is 0.122 e. The van der Waals surface area contributed by atoms with Crippen LogP contribution in [0, 0.1) is 5.41 Å². The Hall–Kier alpha value is -0.930. The predicted octanol–water partition coefficient (Wildman–Crippen LogP) is 1.82. The van der Waals surface area contributed by atoms with Crippen LogP contribution in [0.5, 0.6) is 5.75 Å². The molecule has 0 saturated carbocycles. The normalized spacial score (nSPS) is 7.77. The van der Waals surface area contributed by atoms with Crippen molar-refractivity contribution in [2.24, 2.45) is 5.73 Å². The van der Waals surface area contributed by atoms with Crippen LogP contribution in [-0.4, -0.2) is 12.9 Å². The number of halogens is 2. The summed E-state index contributed by atoms with van der Waals surface area (Å²) in [5.74, 6) is 0.779. The molecule has 0 aliphatic heterocycles. The first-order chi connectivity index (χ1) is 5.24. The SMILES string of the molecule is COc1cccc(C(=N)N)c1.Cl.Cl. The third kappa shape index (κ3) is 4.01. The molecule has 0 fully saturated rings. The van der Waals surface area contributed by atoms with E-state index in [1.165, 1.54) is 0 Å². The molecule has 0 spiro atoms. The molecule has 0 saturated heterocycles. The van der Waals surface area contributed by atoms with Gasteiger partial charge in [-0.2, -0.15) is 0 Å². The molecule has 1 aromatic carbocycles. The van der Waals surface area contributed by atoms with Crippen LogP contribution < -0.4 is 10.5 Å². The maximum absolute atomic E-state index is 7.13. The largest absolute Gasteiger partial charge is 0.497 e. The molecule has 74 valence electrons. The van der Waals surface area contributed by atoms with Gasteiger partial charge in [0.15, 0.2) is 0 Å². The third-order valence-corrected chi connectivity index (χ3v) is 1.38. The summed E-state index contributed by atoms with van der Waals surface area (Å²) in [6, 6.07) is 7.11. The number of ether oxygens (including phenoxy) is 1. The minimum absolute atomic E-state index is 0. The highest BCUT2D eigenvalue weighted by Gasteiger charge is 1.96. The van der Waals surface area contributed by atoms with Crippen molar-refractivity contribution in [2.45, 2.75) is 0 Å². The number of hydrogen-bond donors (Lipinski definition) is 2. The maximum Gasteiger partial charge on any atom is 0.122 e.